The molecule has 1 atom stereocenters. The fourth-order valence-corrected chi connectivity index (χ4v) is 0.997. The van der Waals surface area contributed by atoms with Gasteiger partial charge in [0.05, 0.1) is 6.42 Å². The van der Waals surface area contributed by atoms with Crippen LogP contribution in [-0.2, 0) is 9.53 Å². The van der Waals surface area contributed by atoms with Crippen molar-refractivity contribution in [3.8, 4) is 0 Å². The lowest BCUT2D eigenvalue weighted by atomic mass is 10.1. The van der Waals surface area contributed by atoms with Gasteiger partial charge in [0, 0.05) is 12.6 Å². The molecule has 6 nitrogen and oxygen atoms in total. The Morgan fingerprint density at radius 3 is 2.44 bits per heavy atom. The molecule has 0 aliphatic heterocycles. The van der Waals surface area contributed by atoms with Gasteiger partial charge in [-0.2, -0.15) is 0 Å². The first-order valence-electron chi connectivity index (χ1n) is 5.22. The van der Waals surface area contributed by atoms with E-state index < -0.39 is 23.7 Å². The second-order valence-corrected chi connectivity index (χ2v) is 4.20. The number of carboxylic acid groups (broad SMARTS) is 1. The van der Waals surface area contributed by atoms with Crippen molar-refractivity contribution in [2.24, 2.45) is 5.73 Å². The van der Waals surface area contributed by atoms with Crippen LogP contribution >= 0.6 is 0 Å². The number of amides is 1. The molecule has 0 aromatic carbocycles. The summed E-state index contributed by atoms with van der Waals surface area (Å²) in [5, 5.41) is 11.1. The summed E-state index contributed by atoms with van der Waals surface area (Å²) < 4.78 is 5.03. The minimum atomic E-state index is -0.953. The molecule has 0 spiro atoms. The first-order chi connectivity index (χ1) is 7.30. The van der Waals surface area contributed by atoms with Gasteiger partial charge in [-0.3, -0.25) is 4.79 Å². The Bertz CT molecular complexity index is 253. The van der Waals surface area contributed by atoms with E-state index in [2.05, 4.69) is 5.32 Å². The van der Waals surface area contributed by atoms with Crippen molar-refractivity contribution in [1.29, 1.82) is 0 Å². The Kier molecular flexibility index (Phi) is 5.81. The average molecular weight is 232 g/mol. The molecule has 0 aromatic heterocycles. The molecular weight excluding hydrogens is 212 g/mol. The lowest BCUT2D eigenvalue weighted by Crippen LogP contribution is -2.43. The standard InChI is InChI=1S/C10H20N2O4/c1-4-7(5-8(13)14)12-9(15)16-10(2,3)6-11/h7H,4-6,11H2,1-3H3,(H,12,15)(H,13,14). The molecule has 4 N–H and O–H groups in total. The molecule has 0 fully saturated rings. The van der Waals surface area contributed by atoms with E-state index in [9.17, 15) is 9.59 Å². The van der Waals surface area contributed by atoms with Crippen LogP contribution in [0.5, 0.6) is 0 Å². The van der Waals surface area contributed by atoms with Crippen molar-refractivity contribution in [2.75, 3.05) is 6.54 Å². The number of carbonyl (C=O) groups is 2. The predicted octanol–water partition coefficient (Wildman–Crippen LogP) is 0.703. The van der Waals surface area contributed by atoms with E-state index >= 15 is 0 Å². The maximum Gasteiger partial charge on any atom is 0.407 e. The van der Waals surface area contributed by atoms with E-state index in [-0.39, 0.29) is 13.0 Å². The average Bonchev–Trinajstić information content (AvgIpc) is 2.15. The number of rotatable bonds is 6. The molecule has 0 radical (unpaired) electrons. The second kappa shape index (κ2) is 6.32. The SMILES string of the molecule is CCC(CC(=O)O)NC(=O)OC(C)(C)CN. The molecule has 16 heavy (non-hydrogen) atoms. The molecular formula is C10H20N2O4. The molecule has 0 saturated carbocycles. The highest BCUT2D eigenvalue weighted by Gasteiger charge is 2.22. The third-order valence-corrected chi connectivity index (χ3v) is 2.10. The maximum absolute atomic E-state index is 11.4. The van der Waals surface area contributed by atoms with Crippen LogP contribution in [0.25, 0.3) is 0 Å². The highest BCUT2D eigenvalue weighted by molar-refractivity contribution is 5.71. The van der Waals surface area contributed by atoms with Crippen LogP contribution in [0.3, 0.4) is 0 Å². The van der Waals surface area contributed by atoms with E-state index in [1.165, 1.54) is 0 Å². The van der Waals surface area contributed by atoms with Crippen molar-refractivity contribution in [2.45, 2.75) is 45.3 Å². The van der Waals surface area contributed by atoms with Crippen molar-refractivity contribution < 1.29 is 19.4 Å². The normalized spacial score (nSPS) is 13.0. The van der Waals surface area contributed by atoms with Gasteiger partial charge in [0.25, 0.3) is 0 Å². The Labute approximate surface area is 95.1 Å². The maximum atomic E-state index is 11.4. The molecule has 0 heterocycles. The van der Waals surface area contributed by atoms with Gasteiger partial charge in [-0.25, -0.2) is 4.79 Å². The number of carboxylic acids is 1. The summed E-state index contributed by atoms with van der Waals surface area (Å²) in [5.41, 5.74) is 4.66. The Morgan fingerprint density at radius 1 is 1.50 bits per heavy atom. The summed E-state index contributed by atoms with van der Waals surface area (Å²) in [7, 11) is 0. The number of hydrogen-bond donors (Lipinski definition) is 3. The van der Waals surface area contributed by atoms with E-state index in [1.807, 2.05) is 0 Å². The molecule has 0 aromatic rings. The zero-order valence-corrected chi connectivity index (χ0v) is 9.95. The number of nitrogens with one attached hydrogen (secondary N) is 1. The van der Waals surface area contributed by atoms with Gasteiger partial charge < -0.3 is 20.9 Å². The summed E-state index contributed by atoms with van der Waals surface area (Å²) in [6.45, 7) is 5.37. The van der Waals surface area contributed by atoms with Gasteiger partial charge in [-0.15, -0.1) is 0 Å². The van der Waals surface area contributed by atoms with Crippen LogP contribution in [0.1, 0.15) is 33.6 Å². The molecule has 0 aliphatic carbocycles. The molecule has 1 amide bonds. The molecule has 94 valence electrons. The van der Waals surface area contributed by atoms with E-state index in [0.717, 1.165) is 0 Å². The molecule has 0 aliphatic rings. The van der Waals surface area contributed by atoms with Crippen LogP contribution in [0.15, 0.2) is 0 Å². The zero-order valence-electron chi connectivity index (χ0n) is 9.95. The van der Waals surface area contributed by atoms with Gasteiger partial charge in [0.2, 0.25) is 0 Å². The van der Waals surface area contributed by atoms with Crippen LogP contribution in [-0.4, -0.2) is 35.4 Å². The largest absolute Gasteiger partial charge is 0.481 e. The Hall–Kier alpha value is -1.30. The summed E-state index contributed by atoms with van der Waals surface area (Å²) in [4.78, 5) is 21.9. The number of alkyl carbamates (subject to hydrolysis) is 1. The first-order valence-corrected chi connectivity index (χ1v) is 5.22. The minimum Gasteiger partial charge on any atom is -0.481 e. The first kappa shape index (κ1) is 14.7. The lowest BCUT2D eigenvalue weighted by Gasteiger charge is -2.24. The summed E-state index contributed by atoms with van der Waals surface area (Å²) in [5.74, 6) is -0.953. The van der Waals surface area contributed by atoms with E-state index in [4.69, 9.17) is 15.6 Å². The van der Waals surface area contributed by atoms with E-state index in [0.29, 0.717) is 6.42 Å². The van der Waals surface area contributed by atoms with Crippen molar-refractivity contribution in [1.82, 2.24) is 5.32 Å². The van der Waals surface area contributed by atoms with E-state index in [1.54, 1.807) is 20.8 Å². The monoisotopic (exact) mass is 232 g/mol. The quantitative estimate of drug-likeness (QED) is 0.625. The highest BCUT2D eigenvalue weighted by atomic mass is 16.6. The third kappa shape index (κ3) is 6.23. The fraction of sp³-hybridized carbons (Fsp3) is 0.800. The minimum absolute atomic E-state index is 0.116. The van der Waals surface area contributed by atoms with Crippen LogP contribution in [0.2, 0.25) is 0 Å². The van der Waals surface area contributed by atoms with Gasteiger partial charge >= 0.3 is 12.1 Å². The van der Waals surface area contributed by atoms with Gasteiger partial charge in [0.15, 0.2) is 0 Å². The van der Waals surface area contributed by atoms with Crippen LogP contribution < -0.4 is 11.1 Å². The molecule has 0 saturated heterocycles. The van der Waals surface area contributed by atoms with Crippen LogP contribution in [0, 0.1) is 0 Å². The van der Waals surface area contributed by atoms with Crippen molar-refractivity contribution in [3.05, 3.63) is 0 Å². The summed E-state index contributed by atoms with van der Waals surface area (Å²) in [6, 6.07) is -0.418. The molecule has 0 bridgehead atoms. The predicted molar refractivity (Wildman–Crippen MR) is 59.1 cm³/mol. The lowest BCUT2D eigenvalue weighted by molar-refractivity contribution is -0.137. The number of carbonyl (C=O) groups excluding carboxylic acids is 1. The topological polar surface area (TPSA) is 102 Å². The summed E-state index contributed by atoms with van der Waals surface area (Å²) in [6.07, 6.45) is -0.220. The molecule has 1 unspecified atom stereocenters. The number of aliphatic carboxylic acids is 1. The van der Waals surface area contributed by atoms with Crippen molar-refractivity contribution >= 4 is 12.1 Å². The van der Waals surface area contributed by atoms with Gasteiger partial charge in [0.1, 0.15) is 5.60 Å². The number of nitrogens with two attached hydrogens (primary N) is 1. The fourth-order valence-electron chi connectivity index (χ4n) is 0.997. The smallest absolute Gasteiger partial charge is 0.407 e. The zero-order chi connectivity index (χ0) is 12.8. The molecule has 6 heteroatoms. The van der Waals surface area contributed by atoms with Crippen molar-refractivity contribution in [3.63, 3.8) is 0 Å². The highest BCUT2D eigenvalue weighted by Crippen LogP contribution is 2.07. The summed E-state index contributed by atoms with van der Waals surface area (Å²) >= 11 is 0. The second-order valence-electron chi connectivity index (χ2n) is 4.20. The Balaban J connectivity index is 4.16. The number of hydrogen-bond acceptors (Lipinski definition) is 4. The number of ether oxygens (including phenoxy) is 1. The van der Waals surface area contributed by atoms with Gasteiger partial charge in [-0.1, -0.05) is 6.92 Å². The molecule has 0 rings (SSSR count). The third-order valence-electron chi connectivity index (χ3n) is 2.10. The van der Waals surface area contributed by atoms with Gasteiger partial charge in [-0.05, 0) is 20.3 Å². The van der Waals surface area contributed by atoms with Crippen LogP contribution in [0.4, 0.5) is 4.79 Å². The Morgan fingerprint density at radius 2 is 2.06 bits per heavy atom.